The molecule has 2 fully saturated rings. The van der Waals surface area contributed by atoms with Crippen molar-refractivity contribution >= 4 is 56.0 Å². The molecule has 1 saturated heterocycles. The highest BCUT2D eigenvalue weighted by molar-refractivity contribution is 9.10. The molecule has 0 N–H and O–H groups in total. The number of fused-ring (bicyclic) bond motifs is 5. The summed E-state index contributed by atoms with van der Waals surface area (Å²) in [4.78, 5) is 59.2. The Balaban J connectivity index is 1.54. The SMILES string of the molecule is COc1ccc(C2=C(c3ccc(OC)cc3)[C@@]3(c4ccccc4)C(=O)[C@@]2(c2ccccc2)[C@@H]2C(=O)N(c4ccc(Br)cc4[N+](=O)[O-])C(=O)[C@@H]23)cc1. The van der Waals surface area contributed by atoms with Crippen molar-refractivity contribution in [2.24, 2.45) is 11.8 Å². The van der Waals surface area contributed by atoms with Crippen molar-refractivity contribution in [3.05, 3.63) is 164 Å². The lowest BCUT2D eigenvalue weighted by Gasteiger charge is -2.39. The Hall–Kier alpha value is -5.87. The number of allylic oxidation sites excluding steroid dienone is 2. The molecule has 2 amide bonds. The fourth-order valence-electron chi connectivity index (χ4n) is 8.71. The van der Waals surface area contributed by atoms with Gasteiger partial charge in [0.2, 0.25) is 11.8 Å². The molecule has 252 valence electrons. The lowest BCUT2D eigenvalue weighted by atomic mass is 9.59. The van der Waals surface area contributed by atoms with Crippen LogP contribution in [-0.4, -0.2) is 36.7 Å². The molecular weight excluding hydrogens is 712 g/mol. The fourth-order valence-corrected chi connectivity index (χ4v) is 9.06. The number of nitro groups is 1. The van der Waals surface area contributed by atoms with Crippen LogP contribution in [0.3, 0.4) is 0 Å². The molecule has 0 aromatic heterocycles. The standard InChI is InChI=1S/C41H29BrN2O7/c1-50-29-18-13-24(14-19-29)33-34(25-15-20-30(51-2)21-16-25)41(27-11-7-4-8-12-27)36-35(40(33,39(41)47)26-9-5-3-6-10-26)37(45)43(38(36)46)31-22-17-28(42)23-32(31)44(48)49/h3-23,35-36H,1-2H3/t35-,36+,40-,41-/m1/s1. The van der Waals surface area contributed by atoms with Gasteiger partial charge in [-0.3, -0.25) is 24.5 Å². The molecule has 1 saturated carbocycles. The Labute approximate surface area is 301 Å². The number of hydrogen-bond donors (Lipinski definition) is 0. The maximum Gasteiger partial charge on any atom is 0.294 e. The van der Waals surface area contributed by atoms with E-state index in [9.17, 15) is 10.1 Å². The van der Waals surface area contributed by atoms with Gasteiger partial charge in [-0.2, -0.15) is 0 Å². The van der Waals surface area contributed by atoms with Crippen LogP contribution >= 0.6 is 15.9 Å². The van der Waals surface area contributed by atoms with E-state index in [4.69, 9.17) is 9.47 Å². The van der Waals surface area contributed by atoms with Gasteiger partial charge in [0, 0.05) is 10.5 Å². The first-order valence-electron chi connectivity index (χ1n) is 16.2. The molecule has 9 nitrogen and oxygen atoms in total. The molecule has 0 spiro atoms. The van der Waals surface area contributed by atoms with Gasteiger partial charge in [0.15, 0.2) is 5.78 Å². The average Bonchev–Trinajstić information content (AvgIpc) is 3.67. The topological polar surface area (TPSA) is 116 Å². The Morgan fingerprint density at radius 2 is 1.08 bits per heavy atom. The number of ether oxygens (including phenoxy) is 2. The predicted molar refractivity (Wildman–Crippen MR) is 194 cm³/mol. The van der Waals surface area contributed by atoms with E-state index in [2.05, 4.69) is 15.9 Å². The highest BCUT2D eigenvalue weighted by atomic mass is 79.9. The van der Waals surface area contributed by atoms with E-state index in [-0.39, 0.29) is 11.5 Å². The maximum atomic E-state index is 16.1. The summed E-state index contributed by atoms with van der Waals surface area (Å²) in [6, 6.07) is 37.1. The van der Waals surface area contributed by atoms with E-state index in [1.54, 1.807) is 44.6 Å². The first-order valence-corrected chi connectivity index (χ1v) is 17.0. The summed E-state index contributed by atoms with van der Waals surface area (Å²) in [5, 5.41) is 12.4. The summed E-state index contributed by atoms with van der Waals surface area (Å²) >= 11 is 3.29. The van der Waals surface area contributed by atoms with Crippen LogP contribution in [0.15, 0.2) is 132 Å². The van der Waals surface area contributed by atoms with Gasteiger partial charge in [0.1, 0.15) is 17.2 Å². The molecule has 0 radical (unpaired) electrons. The molecule has 2 bridgehead atoms. The molecule has 1 aliphatic heterocycles. The molecule has 8 rings (SSSR count). The zero-order valence-corrected chi connectivity index (χ0v) is 29.0. The van der Waals surface area contributed by atoms with Gasteiger partial charge in [0.05, 0.1) is 41.8 Å². The predicted octanol–water partition coefficient (Wildman–Crippen LogP) is 7.56. The van der Waals surface area contributed by atoms with E-state index in [1.807, 2.05) is 84.9 Å². The van der Waals surface area contributed by atoms with Gasteiger partial charge < -0.3 is 9.47 Å². The van der Waals surface area contributed by atoms with Crippen LogP contribution in [0.1, 0.15) is 22.3 Å². The third-order valence-corrected chi connectivity index (χ3v) is 11.1. The number of amides is 2. The quantitative estimate of drug-likeness (QED) is 0.0916. The van der Waals surface area contributed by atoms with E-state index >= 15 is 14.4 Å². The van der Waals surface area contributed by atoms with Crippen LogP contribution in [0, 0.1) is 22.0 Å². The summed E-state index contributed by atoms with van der Waals surface area (Å²) in [6.07, 6.45) is 0. The number of rotatable bonds is 8. The highest BCUT2D eigenvalue weighted by Gasteiger charge is 2.83. The summed E-state index contributed by atoms with van der Waals surface area (Å²) in [7, 11) is 3.13. The third kappa shape index (κ3) is 4.29. The first kappa shape index (κ1) is 32.3. The summed E-state index contributed by atoms with van der Waals surface area (Å²) in [5.41, 5.74) is -0.291. The van der Waals surface area contributed by atoms with Crippen molar-refractivity contribution < 1.29 is 28.8 Å². The maximum absolute atomic E-state index is 16.1. The van der Waals surface area contributed by atoms with Gasteiger partial charge in [-0.05, 0) is 69.8 Å². The molecular formula is C41H29BrN2O7. The number of carbonyl (C=O) groups excluding carboxylic acids is 3. The molecule has 2 aliphatic carbocycles. The molecule has 4 atom stereocenters. The number of nitrogens with zero attached hydrogens (tertiary/aromatic N) is 2. The van der Waals surface area contributed by atoms with Crippen LogP contribution in [0.4, 0.5) is 11.4 Å². The van der Waals surface area contributed by atoms with E-state index in [0.717, 1.165) is 4.90 Å². The molecule has 51 heavy (non-hydrogen) atoms. The Kier molecular flexibility index (Phi) is 7.53. The normalized spacial score (nSPS) is 23.5. The minimum absolute atomic E-state index is 0.150. The van der Waals surface area contributed by atoms with E-state index in [1.165, 1.54) is 12.1 Å². The number of carbonyl (C=O) groups is 3. The average molecular weight is 742 g/mol. The zero-order valence-electron chi connectivity index (χ0n) is 27.4. The second kappa shape index (κ2) is 11.9. The minimum atomic E-state index is -1.67. The lowest BCUT2D eigenvalue weighted by Crippen LogP contribution is -2.45. The number of hydrogen-bond acceptors (Lipinski definition) is 7. The number of benzene rings is 5. The Bertz CT molecular complexity index is 2160. The van der Waals surface area contributed by atoms with Crippen molar-refractivity contribution in [2.45, 2.75) is 10.8 Å². The Morgan fingerprint density at radius 1 is 0.647 bits per heavy atom. The minimum Gasteiger partial charge on any atom is -0.497 e. The molecule has 5 aromatic rings. The molecule has 10 heteroatoms. The number of nitro benzene ring substituents is 1. The number of anilines is 1. The van der Waals surface area contributed by atoms with E-state index < -0.39 is 45.1 Å². The number of Topliss-reactive ketones (excluding diaryl/α,β-unsaturated/α-hetero) is 1. The van der Waals surface area contributed by atoms with E-state index in [0.29, 0.717) is 49.4 Å². The molecule has 1 heterocycles. The van der Waals surface area contributed by atoms with Gasteiger partial charge in [-0.25, -0.2) is 4.90 Å². The number of ketones is 1. The second-order valence-electron chi connectivity index (χ2n) is 12.7. The van der Waals surface area contributed by atoms with Gasteiger partial charge in [-0.15, -0.1) is 0 Å². The summed E-state index contributed by atoms with van der Waals surface area (Å²) < 4.78 is 11.4. The monoisotopic (exact) mass is 740 g/mol. The van der Waals surface area contributed by atoms with Crippen molar-refractivity contribution in [3.63, 3.8) is 0 Å². The van der Waals surface area contributed by atoms with Gasteiger partial charge >= 0.3 is 0 Å². The van der Waals surface area contributed by atoms with Crippen molar-refractivity contribution in [3.8, 4) is 11.5 Å². The third-order valence-electron chi connectivity index (χ3n) is 10.6. The Morgan fingerprint density at radius 3 is 1.47 bits per heavy atom. The first-order chi connectivity index (χ1) is 24.7. The molecule has 0 unspecified atom stereocenters. The zero-order chi connectivity index (χ0) is 35.7. The van der Waals surface area contributed by atoms with Crippen molar-refractivity contribution in [2.75, 3.05) is 19.1 Å². The van der Waals surface area contributed by atoms with Crippen LogP contribution in [-0.2, 0) is 25.2 Å². The van der Waals surface area contributed by atoms with Gasteiger partial charge in [0.25, 0.3) is 5.69 Å². The van der Waals surface area contributed by atoms with Crippen LogP contribution in [0.5, 0.6) is 11.5 Å². The fraction of sp³-hybridized carbons (Fsp3) is 0.146. The lowest BCUT2D eigenvalue weighted by molar-refractivity contribution is -0.384. The van der Waals surface area contributed by atoms with Gasteiger partial charge in [-0.1, -0.05) is 101 Å². The number of imide groups is 1. The smallest absolute Gasteiger partial charge is 0.294 e. The highest BCUT2D eigenvalue weighted by Crippen LogP contribution is 2.74. The van der Waals surface area contributed by atoms with Crippen molar-refractivity contribution in [1.82, 2.24) is 0 Å². The summed E-state index contributed by atoms with van der Waals surface area (Å²) in [6.45, 7) is 0. The largest absolute Gasteiger partial charge is 0.497 e. The number of halogens is 1. The van der Waals surface area contributed by atoms with Crippen molar-refractivity contribution in [1.29, 1.82) is 0 Å². The van der Waals surface area contributed by atoms with Crippen LogP contribution in [0.25, 0.3) is 11.1 Å². The number of methoxy groups -OCH3 is 2. The molecule has 5 aromatic carbocycles. The summed E-state index contributed by atoms with van der Waals surface area (Å²) in [5.74, 6) is -2.92. The van der Waals surface area contributed by atoms with Crippen LogP contribution in [0.2, 0.25) is 0 Å². The second-order valence-corrected chi connectivity index (χ2v) is 13.7. The van der Waals surface area contributed by atoms with Crippen LogP contribution < -0.4 is 14.4 Å². The molecule has 3 aliphatic rings.